The van der Waals surface area contributed by atoms with Crippen molar-refractivity contribution in [2.45, 2.75) is 32.4 Å². The molecule has 128 valence electrons. The summed E-state index contributed by atoms with van der Waals surface area (Å²) in [5.41, 5.74) is 1.14. The van der Waals surface area contributed by atoms with Crippen molar-refractivity contribution in [3.8, 4) is 0 Å². The largest absolute Gasteiger partial charge is 0.336 e. The molecule has 2 aromatic rings. The van der Waals surface area contributed by atoms with Gasteiger partial charge in [-0.1, -0.05) is 25.1 Å². The highest BCUT2D eigenvalue weighted by Crippen LogP contribution is 2.19. The monoisotopic (exact) mass is 326 g/mol. The van der Waals surface area contributed by atoms with Gasteiger partial charge in [-0.3, -0.25) is 9.88 Å². The maximum Gasteiger partial charge on any atom is 0.317 e. The minimum absolute atomic E-state index is 0.0102. The molecule has 0 aliphatic carbocycles. The molecule has 2 amide bonds. The Bertz CT molecular complexity index is 697. The van der Waals surface area contributed by atoms with Gasteiger partial charge in [0.15, 0.2) is 0 Å². The van der Waals surface area contributed by atoms with E-state index in [9.17, 15) is 4.79 Å². The summed E-state index contributed by atoms with van der Waals surface area (Å²) in [6.45, 7) is 5.71. The number of hydrogen-bond donors (Lipinski definition) is 1. The summed E-state index contributed by atoms with van der Waals surface area (Å²) in [6, 6.07) is 8.62. The van der Waals surface area contributed by atoms with Crippen LogP contribution in [0.4, 0.5) is 4.79 Å². The number of hydrogen-bond acceptors (Lipinski definition) is 3. The van der Waals surface area contributed by atoms with Crippen molar-refractivity contribution in [1.82, 2.24) is 20.1 Å². The molecule has 1 atom stereocenters. The Hall–Kier alpha value is -2.14. The Morgan fingerprint density at radius 3 is 3.12 bits per heavy atom. The van der Waals surface area contributed by atoms with E-state index in [-0.39, 0.29) is 6.03 Å². The fourth-order valence-corrected chi connectivity index (χ4v) is 3.54. The van der Waals surface area contributed by atoms with Crippen LogP contribution in [0.2, 0.25) is 0 Å². The van der Waals surface area contributed by atoms with Gasteiger partial charge in [0, 0.05) is 44.0 Å². The van der Waals surface area contributed by atoms with Crippen molar-refractivity contribution in [3.05, 3.63) is 42.2 Å². The SMILES string of the molecule is CCN1CCC[C@@H]1CNC(=O)N(C)Cc1cccc2cnccc12. The molecule has 1 aliphatic heterocycles. The number of nitrogens with zero attached hydrogens (tertiary/aromatic N) is 3. The molecule has 1 saturated heterocycles. The van der Waals surface area contributed by atoms with E-state index in [0.717, 1.165) is 36.0 Å². The average Bonchev–Trinajstić information content (AvgIpc) is 3.07. The normalized spacial score (nSPS) is 18.0. The lowest BCUT2D eigenvalue weighted by Crippen LogP contribution is -2.44. The van der Waals surface area contributed by atoms with Crippen LogP contribution in [0.3, 0.4) is 0 Å². The highest BCUT2D eigenvalue weighted by Gasteiger charge is 2.23. The minimum Gasteiger partial charge on any atom is -0.336 e. The number of rotatable bonds is 5. The molecule has 5 nitrogen and oxygen atoms in total. The third-order valence-corrected chi connectivity index (χ3v) is 4.92. The van der Waals surface area contributed by atoms with Gasteiger partial charge in [-0.05, 0) is 42.9 Å². The predicted molar refractivity (Wildman–Crippen MR) is 96.9 cm³/mol. The number of carbonyl (C=O) groups excluding carboxylic acids is 1. The summed E-state index contributed by atoms with van der Waals surface area (Å²) < 4.78 is 0. The number of benzene rings is 1. The third-order valence-electron chi connectivity index (χ3n) is 4.92. The Balaban J connectivity index is 1.59. The van der Waals surface area contributed by atoms with E-state index < -0.39 is 0 Å². The molecule has 2 heterocycles. The van der Waals surface area contributed by atoms with Crippen molar-refractivity contribution < 1.29 is 4.79 Å². The van der Waals surface area contributed by atoms with Crippen LogP contribution in [0, 0.1) is 0 Å². The molecule has 1 N–H and O–H groups in total. The van der Waals surface area contributed by atoms with E-state index in [2.05, 4.69) is 28.2 Å². The number of amides is 2. The van der Waals surface area contributed by atoms with Crippen LogP contribution in [-0.4, -0.2) is 53.5 Å². The van der Waals surface area contributed by atoms with Crippen LogP contribution in [0.25, 0.3) is 10.8 Å². The lowest BCUT2D eigenvalue weighted by Gasteiger charge is -2.25. The Morgan fingerprint density at radius 2 is 2.29 bits per heavy atom. The first-order chi connectivity index (χ1) is 11.7. The van der Waals surface area contributed by atoms with E-state index >= 15 is 0 Å². The highest BCUT2D eigenvalue weighted by molar-refractivity contribution is 5.85. The van der Waals surface area contributed by atoms with Gasteiger partial charge in [0.25, 0.3) is 0 Å². The standard InChI is InChI=1S/C19H26N4O/c1-3-23-11-5-8-17(23)13-21-19(24)22(2)14-16-7-4-6-15-12-20-10-9-18(15)16/h4,6-7,9-10,12,17H,3,5,8,11,13-14H2,1-2H3,(H,21,24)/t17-/m1/s1. The second-order valence-corrected chi connectivity index (χ2v) is 6.48. The van der Waals surface area contributed by atoms with Gasteiger partial charge >= 0.3 is 6.03 Å². The van der Waals surface area contributed by atoms with Crippen LogP contribution >= 0.6 is 0 Å². The van der Waals surface area contributed by atoms with Crippen molar-refractivity contribution >= 4 is 16.8 Å². The zero-order chi connectivity index (χ0) is 16.9. The summed E-state index contributed by atoms with van der Waals surface area (Å²) in [5, 5.41) is 5.35. The molecule has 1 aromatic carbocycles. The molecule has 24 heavy (non-hydrogen) atoms. The molecule has 1 aliphatic rings. The average molecular weight is 326 g/mol. The van der Waals surface area contributed by atoms with Crippen molar-refractivity contribution in [1.29, 1.82) is 0 Å². The fourth-order valence-electron chi connectivity index (χ4n) is 3.54. The smallest absolute Gasteiger partial charge is 0.317 e. The molecule has 1 fully saturated rings. The molecular weight excluding hydrogens is 300 g/mol. The maximum atomic E-state index is 12.4. The van der Waals surface area contributed by atoms with Gasteiger partial charge in [-0.2, -0.15) is 0 Å². The van der Waals surface area contributed by atoms with Gasteiger partial charge in [-0.15, -0.1) is 0 Å². The van der Waals surface area contributed by atoms with E-state index in [1.807, 2.05) is 31.4 Å². The highest BCUT2D eigenvalue weighted by atomic mass is 16.2. The van der Waals surface area contributed by atoms with Crippen molar-refractivity contribution in [2.75, 3.05) is 26.7 Å². The Morgan fingerprint density at radius 1 is 1.42 bits per heavy atom. The topological polar surface area (TPSA) is 48.5 Å². The quantitative estimate of drug-likeness (QED) is 0.919. The van der Waals surface area contributed by atoms with E-state index in [4.69, 9.17) is 0 Å². The van der Waals surface area contributed by atoms with Crippen LogP contribution in [-0.2, 0) is 6.54 Å². The predicted octanol–water partition coefficient (Wildman–Crippen LogP) is 2.86. The van der Waals surface area contributed by atoms with Crippen molar-refractivity contribution in [3.63, 3.8) is 0 Å². The molecule has 5 heteroatoms. The first-order valence-corrected chi connectivity index (χ1v) is 8.73. The minimum atomic E-state index is -0.0102. The number of nitrogens with one attached hydrogen (secondary N) is 1. The van der Waals surface area contributed by atoms with E-state index in [1.165, 1.54) is 12.8 Å². The lowest BCUT2D eigenvalue weighted by molar-refractivity contribution is 0.199. The fraction of sp³-hybridized carbons (Fsp3) is 0.474. The Kier molecular flexibility index (Phi) is 5.30. The van der Waals surface area contributed by atoms with Gasteiger partial charge < -0.3 is 10.2 Å². The molecule has 0 unspecified atom stereocenters. The molecule has 0 radical (unpaired) electrons. The van der Waals surface area contributed by atoms with Crippen LogP contribution in [0.15, 0.2) is 36.7 Å². The van der Waals surface area contributed by atoms with Crippen molar-refractivity contribution in [2.24, 2.45) is 0 Å². The van der Waals surface area contributed by atoms with Crippen LogP contribution in [0.5, 0.6) is 0 Å². The number of urea groups is 1. The number of carbonyl (C=O) groups is 1. The first kappa shape index (κ1) is 16.7. The Labute approximate surface area is 143 Å². The summed E-state index contributed by atoms with van der Waals surface area (Å²) >= 11 is 0. The number of fused-ring (bicyclic) bond motifs is 1. The van der Waals surface area contributed by atoms with Crippen LogP contribution < -0.4 is 5.32 Å². The number of likely N-dealkylation sites (tertiary alicyclic amines) is 1. The molecule has 0 saturated carbocycles. The second-order valence-electron chi connectivity index (χ2n) is 6.48. The summed E-state index contributed by atoms with van der Waals surface area (Å²) in [4.78, 5) is 20.8. The molecular formula is C19H26N4O. The maximum absolute atomic E-state index is 12.4. The third kappa shape index (κ3) is 3.67. The number of likely N-dealkylation sites (N-methyl/N-ethyl adjacent to an activating group) is 1. The van der Waals surface area contributed by atoms with E-state index in [1.54, 1.807) is 11.1 Å². The number of aromatic nitrogens is 1. The summed E-state index contributed by atoms with van der Waals surface area (Å²) in [6.07, 6.45) is 6.06. The summed E-state index contributed by atoms with van der Waals surface area (Å²) in [5.74, 6) is 0. The van der Waals surface area contributed by atoms with Gasteiger partial charge in [0.1, 0.15) is 0 Å². The zero-order valence-electron chi connectivity index (χ0n) is 14.5. The summed E-state index contributed by atoms with van der Waals surface area (Å²) in [7, 11) is 1.85. The molecule has 3 rings (SSSR count). The zero-order valence-corrected chi connectivity index (χ0v) is 14.5. The second kappa shape index (κ2) is 7.62. The number of pyridine rings is 1. The molecule has 1 aromatic heterocycles. The van der Waals surface area contributed by atoms with Gasteiger partial charge in [0.2, 0.25) is 0 Å². The van der Waals surface area contributed by atoms with Crippen LogP contribution in [0.1, 0.15) is 25.3 Å². The van der Waals surface area contributed by atoms with Gasteiger partial charge in [0.05, 0.1) is 0 Å². The first-order valence-electron chi connectivity index (χ1n) is 8.73. The van der Waals surface area contributed by atoms with E-state index in [0.29, 0.717) is 12.6 Å². The molecule has 0 spiro atoms. The molecule has 0 bridgehead atoms. The lowest BCUT2D eigenvalue weighted by atomic mass is 10.1. The van der Waals surface area contributed by atoms with Gasteiger partial charge in [-0.25, -0.2) is 4.79 Å².